The molecule has 208 valence electrons. The maximum absolute atomic E-state index is 12.6. The molecule has 4 aliphatic rings. The zero-order valence-corrected chi connectivity index (χ0v) is 23.8. The second-order valence-electron chi connectivity index (χ2n) is 13.6. The first-order chi connectivity index (χ1) is 17.2. The Morgan fingerprint density at radius 1 is 1.03 bits per heavy atom. The third-order valence-electron chi connectivity index (χ3n) is 11.6. The smallest absolute Gasteiger partial charge is 0.331 e. The molecule has 1 unspecified atom stereocenters. The molecular formula is C31H48O6. The van der Waals surface area contributed by atoms with Crippen LogP contribution in [0, 0.1) is 39.9 Å². The second-order valence-corrected chi connectivity index (χ2v) is 13.6. The SMILES string of the molecule is CC(=O)O[C@H]1C[C@@]2(C)[C@@H](C[C@@H](O)[C@H]3[C@@]4(C)CC[C@@H](O)[C@@H](C)C4CC[C@@]32C)/C1=C(\CCC=C(C)C)C(=O)O. The lowest BCUT2D eigenvalue weighted by Gasteiger charge is -2.69. The number of allylic oxidation sites excluding steroid dienone is 2. The lowest BCUT2D eigenvalue weighted by atomic mass is 9.36. The highest BCUT2D eigenvalue weighted by Gasteiger charge is 2.70. The summed E-state index contributed by atoms with van der Waals surface area (Å²) in [6, 6.07) is 0. The first-order valence-electron chi connectivity index (χ1n) is 14.3. The predicted octanol–water partition coefficient (Wildman–Crippen LogP) is 5.67. The van der Waals surface area contributed by atoms with Crippen molar-refractivity contribution in [1.82, 2.24) is 0 Å². The monoisotopic (exact) mass is 516 g/mol. The number of ether oxygens (including phenoxy) is 1. The highest BCUT2D eigenvalue weighted by Crippen LogP contribution is 2.74. The summed E-state index contributed by atoms with van der Waals surface area (Å²) in [6.07, 6.45) is 6.22. The van der Waals surface area contributed by atoms with Crippen molar-refractivity contribution in [2.45, 2.75) is 118 Å². The molecule has 3 N–H and O–H groups in total. The summed E-state index contributed by atoms with van der Waals surface area (Å²) < 4.78 is 5.87. The summed E-state index contributed by atoms with van der Waals surface area (Å²) in [5.41, 5.74) is 1.57. The summed E-state index contributed by atoms with van der Waals surface area (Å²) >= 11 is 0. The predicted molar refractivity (Wildman–Crippen MR) is 143 cm³/mol. The molecule has 0 aromatic carbocycles. The number of carbonyl (C=O) groups excluding carboxylic acids is 1. The Morgan fingerprint density at radius 2 is 1.70 bits per heavy atom. The molecule has 0 saturated heterocycles. The molecule has 4 saturated carbocycles. The quantitative estimate of drug-likeness (QED) is 0.247. The van der Waals surface area contributed by atoms with E-state index in [-0.39, 0.29) is 40.1 Å². The number of carbonyl (C=O) groups is 2. The van der Waals surface area contributed by atoms with E-state index >= 15 is 0 Å². The van der Waals surface area contributed by atoms with E-state index in [4.69, 9.17) is 4.74 Å². The van der Waals surface area contributed by atoms with Crippen molar-refractivity contribution >= 4 is 11.9 Å². The molecule has 4 rings (SSSR count). The molecule has 0 aromatic rings. The van der Waals surface area contributed by atoms with E-state index in [0.29, 0.717) is 37.2 Å². The summed E-state index contributed by atoms with van der Waals surface area (Å²) in [5.74, 6) is -0.909. The van der Waals surface area contributed by atoms with Gasteiger partial charge in [0.05, 0.1) is 12.2 Å². The Bertz CT molecular complexity index is 994. The number of aliphatic hydroxyl groups is 2. The molecule has 0 radical (unpaired) electrons. The van der Waals surface area contributed by atoms with E-state index in [1.165, 1.54) is 6.92 Å². The molecule has 37 heavy (non-hydrogen) atoms. The average Bonchev–Trinajstić information content (AvgIpc) is 3.05. The van der Waals surface area contributed by atoms with Crippen LogP contribution in [0.2, 0.25) is 0 Å². The fraction of sp³-hybridized carbons (Fsp3) is 0.806. The minimum Gasteiger partial charge on any atom is -0.478 e. The van der Waals surface area contributed by atoms with E-state index in [2.05, 4.69) is 27.7 Å². The van der Waals surface area contributed by atoms with Crippen LogP contribution in [0.15, 0.2) is 22.8 Å². The maximum atomic E-state index is 12.6. The number of esters is 1. The van der Waals surface area contributed by atoms with Gasteiger partial charge in [0.15, 0.2) is 0 Å². The van der Waals surface area contributed by atoms with Crippen molar-refractivity contribution in [2.75, 3.05) is 0 Å². The second kappa shape index (κ2) is 9.82. The molecule has 10 atom stereocenters. The van der Waals surface area contributed by atoms with Gasteiger partial charge in [0.25, 0.3) is 0 Å². The van der Waals surface area contributed by atoms with Crippen LogP contribution in [-0.2, 0) is 14.3 Å². The zero-order valence-electron chi connectivity index (χ0n) is 23.8. The van der Waals surface area contributed by atoms with Crippen LogP contribution in [-0.4, -0.2) is 45.6 Å². The van der Waals surface area contributed by atoms with E-state index in [0.717, 1.165) is 36.8 Å². The number of hydrogen-bond acceptors (Lipinski definition) is 5. The van der Waals surface area contributed by atoms with Crippen LogP contribution in [0.25, 0.3) is 0 Å². The largest absolute Gasteiger partial charge is 0.478 e. The van der Waals surface area contributed by atoms with Crippen molar-refractivity contribution in [1.29, 1.82) is 0 Å². The fourth-order valence-corrected chi connectivity index (χ4v) is 9.79. The molecule has 0 bridgehead atoms. The van der Waals surface area contributed by atoms with Crippen molar-refractivity contribution in [3.05, 3.63) is 22.8 Å². The Labute approximate surface area is 222 Å². The molecule has 6 heteroatoms. The number of hydrogen-bond donors (Lipinski definition) is 3. The Morgan fingerprint density at radius 3 is 2.30 bits per heavy atom. The van der Waals surface area contributed by atoms with E-state index < -0.39 is 24.1 Å². The zero-order chi connectivity index (χ0) is 27.5. The lowest BCUT2D eigenvalue weighted by molar-refractivity contribution is -0.234. The van der Waals surface area contributed by atoms with Gasteiger partial charge in [-0.2, -0.15) is 0 Å². The Balaban J connectivity index is 1.82. The van der Waals surface area contributed by atoms with Crippen molar-refractivity contribution in [2.24, 2.45) is 39.9 Å². The first kappa shape index (κ1) is 28.4. The van der Waals surface area contributed by atoms with E-state index in [9.17, 15) is 24.9 Å². The van der Waals surface area contributed by atoms with Gasteiger partial charge in [-0.3, -0.25) is 4.79 Å². The van der Waals surface area contributed by atoms with Crippen LogP contribution in [0.5, 0.6) is 0 Å². The Hall–Kier alpha value is -1.66. The molecule has 4 fully saturated rings. The number of rotatable bonds is 5. The van der Waals surface area contributed by atoms with Gasteiger partial charge >= 0.3 is 11.9 Å². The van der Waals surface area contributed by atoms with Crippen LogP contribution in [0.4, 0.5) is 0 Å². The maximum Gasteiger partial charge on any atom is 0.331 e. The standard InChI is InChI=1S/C31H48O6/c1-17(2)9-8-10-20(28(35)36)26-22-15-24(34)27-29(5)13-12-23(33)18(3)21(29)11-14-30(27,6)31(22,7)16-25(26)37-19(4)32/h9,18,21-25,27,33-34H,8,10-16H2,1-7H3,(H,35,36)/b26-20-/t18-,21?,22-,23+,24+,25-,27-,29-,30-,31-/m0/s1. The summed E-state index contributed by atoms with van der Waals surface area (Å²) in [5, 5.41) is 32.9. The molecule has 0 aliphatic heterocycles. The molecule has 0 heterocycles. The van der Waals surface area contributed by atoms with Crippen LogP contribution in [0.1, 0.15) is 99.8 Å². The molecule has 0 amide bonds. The summed E-state index contributed by atoms with van der Waals surface area (Å²) in [6.45, 7) is 14.5. The lowest BCUT2D eigenvalue weighted by Crippen LogP contribution is -2.65. The van der Waals surface area contributed by atoms with Gasteiger partial charge < -0.3 is 20.1 Å². The molecule has 0 spiro atoms. The third-order valence-corrected chi connectivity index (χ3v) is 11.6. The average molecular weight is 517 g/mol. The molecule has 4 aliphatic carbocycles. The molecule has 6 nitrogen and oxygen atoms in total. The van der Waals surface area contributed by atoms with Gasteiger partial charge in [0.2, 0.25) is 0 Å². The Kier molecular flexibility index (Phi) is 7.53. The van der Waals surface area contributed by atoms with Crippen LogP contribution >= 0.6 is 0 Å². The van der Waals surface area contributed by atoms with Gasteiger partial charge in [-0.25, -0.2) is 4.79 Å². The van der Waals surface area contributed by atoms with Gasteiger partial charge in [-0.05, 0) is 111 Å². The minimum atomic E-state index is -0.953. The molecular weight excluding hydrogens is 468 g/mol. The first-order valence-corrected chi connectivity index (χ1v) is 14.3. The normalized spacial score (nSPS) is 46.2. The van der Waals surface area contributed by atoms with Gasteiger partial charge in [-0.15, -0.1) is 0 Å². The van der Waals surface area contributed by atoms with E-state index in [1.54, 1.807) is 0 Å². The van der Waals surface area contributed by atoms with Gasteiger partial charge in [-0.1, -0.05) is 39.3 Å². The number of carboxylic acids is 1. The van der Waals surface area contributed by atoms with Gasteiger partial charge in [0, 0.05) is 12.5 Å². The third kappa shape index (κ3) is 4.40. The highest BCUT2D eigenvalue weighted by atomic mass is 16.5. The number of aliphatic carboxylic acids is 1. The number of aliphatic hydroxyl groups excluding tert-OH is 2. The number of carboxylic acid groups (broad SMARTS) is 1. The summed E-state index contributed by atoms with van der Waals surface area (Å²) in [4.78, 5) is 24.8. The van der Waals surface area contributed by atoms with E-state index in [1.807, 2.05) is 19.9 Å². The molecule has 0 aromatic heterocycles. The van der Waals surface area contributed by atoms with Gasteiger partial charge in [0.1, 0.15) is 6.10 Å². The highest BCUT2D eigenvalue weighted by molar-refractivity contribution is 5.88. The van der Waals surface area contributed by atoms with Crippen molar-refractivity contribution in [3.63, 3.8) is 0 Å². The van der Waals surface area contributed by atoms with Crippen molar-refractivity contribution < 1.29 is 29.6 Å². The summed E-state index contributed by atoms with van der Waals surface area (Å²) in [7, 11) is 0. The van der Waals surface area contributed by atoms with Crippen LogP contribution < -0.4 is 0 Å². The topological polar surface area (TPSA) is 104 Å². The van der Waals surface area contributed by atoms with Crippen molar-refractivity contribution in [3.8, 4) is 0 Å². The fourth-order valence-electron chi connectivity index (χ4n) is 9.79. The minimum absolute atomic E-state index is 0.0474. The van der Waals surface area contributed by atoms with Crippen LogP contribution in [0.3, 0.4) is 0 Å². The number of fused-ring (bicyclic) bond motifs is 5.